The summed E-state index contributed by atoms with van der Waals surface area (Å²) in [5.41, 5.74) is 0.237. The molecule has 0 radical (unpaired) electrons. The van der Waals surface area contributed by atoms with Crippen molar-refractivity contribution in [3.63, 3.8) is 0 Å². The van der Waals surface area contributed by atoms with Gasteiger partial charge in [0.15, 0.2) is 0 Å². The van der Waals surface area contributed by atoms with Crippen LogP contribution in [0, 0.1) is 16.7 Å². The summed E-state index contributed by atoms with van der Waals surface area (Å²) in [6, 6.07) is 25.1. The second-order valence-electron chi connectivity index (χ2n) is 7.09. The van der Waals surface area contributed by atoms with Crippen LogP contribution in [0.5, 0.6) is 11.5 Å². The van der Waals surface area contributed by atoms with E-state index >= 15 is 0 Å². The van der Waals surface area contributed by atoms with E-state index in [-0.39, 0.29) is 5.91 Å². The average Bonchev–Trinajstić information content (AvgIpc) is 3.59. The van der Waals surface area contributed by atoms with Crippen molar-refractivity contribution in [2.75, 3.05) is 10.6 Å². The third-order valence-electron chi connectivity index (χ3n) is 5.01. The highest BCUT2D eigenvalue weighted by Gasteiger charge is 2.56. The molecule has 0 heterocycles. The molecule has 3 aromatic rings. The molecule has 1 fully saturated rings. The Balaban J connectivity index is 1.40. The quantitative estimate of drug-likeness (QED) is 0.590. The number of anilines is 2. The summed E-state index contributed by atoms with van der Waals surface area (Å²) >= 11 is 0. The van der Waals surface area contributed by atoms with E-state index in [0.29, 0.717) is 35.5 Å². The minimum atomic E-state index is -1.11. The fourth-order valence-electron chi connectivity index (χ4n) is 3.10. The van der Waals surface area contributed by atoms with Crippen LogP contribution in [-0.2, 0) is 9.59 Å². The zero-order valence-electron chi connectivity index (χ0n) is 16.1. The van der Waals surface area contributed by atoms with Gasteiger partial charge in [-0.05, 0) is 61.4 Å². The zero-order chi connectivity index (χ0) is 21.0. The SMILES string of the molecule is N#Cc1ccccc1NC(=O)C1(C(=O)Nc2ccc(Oc3ccccc3)cc2)CC1. The Morgan fingerprint density at radius 1 is 0.800 bits per heavy atom. The number of nitriles is 1. The van der Waals surface area contributed by atoms with E-state index in [2.05, 4.69) is 10.6 Å². The minimum absolute atomic E-state index is 0.355. The molecule has 0 unspecified atom stereocenters. The normalized spacial score (nSPS) is 13.6. The van der Waals surface area contributed by atoms with Crippen molar-refractivity contribution in [1.29, 1.82) is 5.26 Å². The molecule has 0 saturated heterocycles. The molecule has 0 atom stereocenters. The molecule has 1 aliphatic rings. The predicted octanol–water partition coefficient (Wildman–Crippen LogP) is 4.71. The highest BCUT2D eigenvalue weighted by molar-refractivity contribution is 6.17. The van der Waals surface area contributed by atoms with Crippen LogP contribution in [0.15, 0.2) is 78.9 Å². The van der Waals surface area contributed by atoms with Crippen molar-refractivity contribution in [2.24, 2.45) is 5.41 Å². The molecule has 0 spiro atoms. The van der Waals surface area contributed by atoms with Crippen molar-refractivity contribution in [3.8, 4) is 17.6 Å². The van der Waals surface area contributed by atoms with Crippen molar-refractivity contribution >= 4 is 23.2 Å². The Morgan fingerprint density at radius 3 is 2.07 bits per heavy atom. The Hall–Kier alpha value is -4.11. The van der Waals surface area contributed by atoms with Gasteiger partial charge in [-0.2, -0.15) is 5.26 Å². The van der Waals surface area contributed by atoms with Gasteiger partial charge in [0.05, 0.1) is 11.3 Å². The summed E-state index contributed by atoms with van der Waals surface area (Å²) in [7, 11) is 0. The molecule has 2 N–H and O–H groups in total. The van der Waals surface area contributed by atoms with Crippen LogP contribution in [0.2, 0.25) is 0 Å². The summed E-state index contributed by atoms with van der Waals surface area (Å²) in [4.78, 5) is 25.5. The van der Waals surface area contributed by atoms with Gasteiger partial charge in [0, 0.05) is 5.69 Å². The molecule has 2 amide bonds. The zero-order valence-corrected chi connectivity index (χ0v) is 16.1. The van der Waals surface area contributed by atoms with Crippen LogP contribution in [0.3, 0.4) is 0 Å². The number of amides is 2. The van der Waals surface area contributed by atoms with Crippen molar-refractivity contribution in [2.45, 2.75) is 12.8 Å². The van der Waals surface area contributed by atoms with Gasteiger partial charge < -0.3 is 15.4 Å². The molecular formula is C24H19N3O3. The van der Waals surface area contributed by atoms with Gasteiger partial charge in [-0.15, -0.1) is 0 Å². The largest absolute Gasteiger partial charge is 0.457 e. The predicted molar refractivity (Wildman–Crippen MR) is 113 cm³/mol. The maximum Gasteiger partial charge on any atom is 0.240 e. The number of para-hydroxylation sites is 2. The number of nitrogens with zero attached hydrogens (tertiary/aromatic N) is 1. The molecule has 6 nitrogen and oxygen atoms in total. The summed E-state index contributed by atoms with van der Waals surface area (Å²) in [6.07, 6.45) is 0.934. The van der Waals surface area contributed by atoms with Gasteiger partial charge >= 0.3 is 0 Å². The highest BCUT2D eigenvalue weighted by atomic mass is 16.5. The number of benzene rings is 3. The van der Waals surface area contributed by atoms with Crippen LogP contribution in [0.4, 0.5) is 11.4 Å². The number of carbonyl (C=O) groups excluding carboxylic acids is 2. The van der Waals surface area contributed by atoms with Crippen LogP contribution >= 0.6 is 0 Å². The molecule has 6 heteroatoms. The third-order valence-corrected chi connectivity index (χ3v) is 5.01. The Kier molecular flexibility index (Phi) is 5.19. The molecule has 0 aliphatic heterocycles. The van der Waals surface area contributed by atoms with Crippen molar-refractivity contribution in [3.05, 3.63) is 84.4 Å². The Morgan fingerprint density at radius 2 is 1.40 bits per heavy atom. The van der Waals surface area contributed by atoms with Gasteiger partial charge in [0.25, 0.3) is 0 Å². The van der Waals surface area contributed by atoms with E-state index in [4.69, 9.17) is 4.74 Å². The van der Waals surface area contributed by atoms with Gasteiger partial charge in [-0.1, -0.05) is 30.3 Å². The molecule has 1 aliphatic carbocycles. The Bertz CT molecular complexity index is 1110. The van der Waals surface area contributed by atoms with Crippen LogP contribution in [0.1, 0.15) is 18.4 Å². The molecule has 0 bridgehead atoms. The lowest BCUT2D eigenvalue weighted by molar-refractivity contribution is -0.131. The molecule has 0 aromatic heterocycles. The molecule has 30 heavy (non-hydrogen) atoms. The smallest absolute Gasteiger partial charge is 0.240 e. The second-order valence-corrected chi connectivity index (χ2v) is 7.09. The monoisotopic (exact) mass is 397 g/mol. The standard InChI is InChI=1S/C24H19N3O3/c25-16-17-6-4-5-9-21(17)27-23(29)24(14-15-24)22(28)26-18-10-12-20(13-11-18)30-19-7-2-1-3-8-19/h1-13H,14-15H2,(H,26,28)(H,27,29). The van der Waals surface area contributed by atoms with E-state index in [1.165, 1.54) is 0 Å². The molecule has 148 valence electrons. The molecule has 1 saturated carbocycles. The van der Waals surface area contributed by atoms with E-state index in [1.54, 1.807) is 48.5 Å². The van der Waals surface area contributed by atoms with Gasteiger partial charge in [-0.25, -0.2) is 0 Å². The highest BCUT2D eigenvalue weighted by Crippen LogP contribution is 2.47. The molecule has 4 rings (SSSR count). The summed E-state index contributed by atoms with van der Waals surface area (Å²) in [6.45, 7) is 0. The Labute approximate surface area is 174 Å². The van der Waals surface area contributed by atoms with Crippen LogP contribution in [0.25, 0.3) is 0 Å². The van der Waals surface area contributed by atoms with Gasteiger partial charge in [0.2, 0.25) is 11.8 Å². The lowest BCUT2D eigenvalue weighted by Crippen LogP contribution is -2.35. The number of hydrogen-bond donors (Lipinski definition) is 2. The number of ether oxygens (including phenoxy) is 1. The van der Waals surface area contributed by atoms with E-state index in [9.17, 15) is 14.9 Å². The first-order chi connectivity index (χ1) is 14.6. The first kappa shape index (κ1) is 19.2. The first-order valence-corrected chi connectivity index (χ1v) is 9.56. The van der Waals surface area contributed by atoms with Crippen LogP contribution < -0.4 is 15.4 Å². The maximum absolute atomic E-state index is 12.8. The van der Waals surface area contributed by atoms with Crippen LogP contribution in [-0.4, -0.2) is 11.8 Å². The maximum atomic E-state index is 12.8. The summed E-state index contributed by atoms with van der Waals surface area (Å²) in [5.74, 6) is 0.615. The van der Waals surface area contributed by atoms with Gasteiger partial charge in [-0.3, -0.25) is 9.59 Å². The summed E-state index contributed by atoms with van der Waals surface area (Å²) < 4.78 is 5.74. The minimum Gasteiger partial charge on any atom is -0.457 e. The topological polar surface area (TPSA) is 91.2 Å². The van der Waals surface area contributed by atoms with E-state index in [1.807, 2.05) is 36.4 Å². The van der Waals surface area contributed by atoms with Gasteiger partial charge in [0.1, 0.15) is 23.0 Å². The number of nitrogens with one attached hydrogen (secondary N) is 2. The first-order valence-electron chi connectivity index (χ1n) is 9.56. The number of hydrogen-bond acceptors (Lipinski definition) is 4. The van der Waals surface area contributed by atoms with Crippen molar-refractivity contribution in [1.82, 2.24) is 0 Å². The lowest BCUT2D eigenvalue weighted by atomic mass is 10.0. The average molecular weight is 397 g/mol. The summed E-state index contributed by atoms with van der Waals surface area (Å²) in [5, 5.41) is 14.7. The van der Waals surface area contributed by atoms with E-state index in [0.717, 1.165) is 5.75 Å². The van der Waals surface area contributed by atoms with E-state index < -0.39 is 11.3 Å². The fourth-order valence-corrected chi connectivity index (χ4v) is 3.10. The second kappa shape index (κ2) is 8.10. The number of rotatable bonds is 6. The fraction of sp³-hybridized carbons (Fsp3) is 0.125. The molecular weight excluding hydrogens is 378 g/mol. The third kappa shape index (κ3) is 4.01. The lowest BCUT2D eigenvalue weighted by Gasteiger charge is -2.16. The van der Waals surface area contributed by atoms with Crippen molar-refractivity contribution < 1.29 is 14.3 Å². The number of carbonyl (C=O) groups is 2. The molecule has 3 aromatic carbocycles.